The third-order valence-corrected chi connectivity index (χ3v) is 2.92. The van der Waals surface area contributed by atoms with Gasteiger partial charge in [-0.2, -0.15) is 0 Å². The van der Waals surface area contributed by atoms with Crippen LogP contribution in [0.4, 0.5) is 0 Å². The molecule has 1 aromatic carbocycles. The van der Waals surface area contributed by atoms with Crippen LogP contribution < -0.4 is 4.74 Å². The molecule has 1 aromatic rings. The molecule has 84 valence electrons. The maximum atomic E-state index is 11.6. The second-order valence-corrected chi connectivity index (χ2v) is 4.14. The minimum atomic E-state index is -0.153. The van der Waals surface area contributed by atoms with Crippen molar-refractivity contribution in [3.05, 3.63) is 54.1 Å². The zero-order chi connectivity index (χ0) is 11.7. The van der Waals surface area contributed by atoms with Gasteiger partial charge in [-0.1, -0.05) is 48.5 Å². The van der Waals surface area contributed by atoms with Gasteiger partial charge in [0.2, 0.25) is 0 Å². The van der Waals surface area contributed by atoms with E-state index in [0.717, 1.165) is 28.9 Å². The molecule has 2 nitrogen and oxygen atoms in total. The monoisotopic (exact) mass is 224 g/mol. The summed E-state index contributed by atoms with van der Waals surface area (Å²) in [7, 11) is 0. The van der Waals surface area contributed by atoms with E-state index in [4.69, 9.17) is 4.74 Å². The molecule has 2 aliphatic carbocycles. The molecule has 0 fully saturated rings. The molecular formula is C15H12O2. The number of carbonyl (C=O) groups is 1. The van der Waals surface area contributed by atoms with Crippen LogP contribution in [0.25, 0.3) is 11.1 Å². The minimum absolute atomic E-state index is 0.153. The zero-order valence-electron chi connectivity index (χ0n) is 9.35. The summed E-state index contributed by atoms with van der Waals surface area (Å²) in [6.45, 7) is 0. The van der Waals surface area contributed by atoms with Gasteiger partial charge < -0.3 is 4.74 Å². The van der Waals surface area contributed by atoms with Crippen molar-refractivity contribution in [3.63, 3.8) is 0 Å². The fraction of sp³-hybridized carbons (Fsp3) is 0.133. The molecule has 0 radical (unpaired) electrons. The van der Waals surface area contributed by atoms with Crippen LogP contribution in [-0.4, -0.2) is 5.97 Å². The van der Waals surface area contributed by atoms with Crippen molar-refractivity contribution >= 4 is 5.97 Å². The molecule has 0 saturated carbocycles. The van der Waals surface area contributed by atoms with Gasteiger partial charge in [-0.3, -0.25) is 4.79 Å². The normalized spacial score (nSPS) is 11.1. The third kappa shape index (κ3) is 2.07. The third-order valence-electron chi connectivity index (χ3n) is 2.92. The van der Waals surface area contributed by atoms with Crippen LogP contribution in [0.5, 0.6) is 5.75 Å². The second kappa shape index (κ2) is 4.06. The van der Waals surface area contributed by atoms with Crippen LogP contribution in [0.15, 0.2) is 48.5 Å². The van der Waals surface area contributed by atoms with E-state index in [2.05, 4.69) is 0 Å². The van der Waals surface area contributed by atoms with Crippen LogP contribution >= 0.6 is 0 Å². The van der Waals surface area contributed by atoms with Gasteiger partial charge in [-0.05, 0) is 12.0 Å². The summed E-state index contributed by atoms with van der Waals surface area (Å²) in [6.07, 6.45) is 1.16. The number of fused-ring (bicyclic) bond motifs is 1. The molecule has 17 heavy (non-hydrogen) atoms. The van der Waals surface area contributed by atoms with Crippen molar-refractivity contribution in [2.24, 2.45) is 0 Å². The maximum absolute atomic E-state index is 11.6. The van der Waals surface area contributed by atoms with E-state index in [1.165, 1.54) is 0 Å². The van der Waals surface area contributed by atoms with Crippen molar-refractivity contribution in [2.75, 3.05) is 0 Å². The number of hydrogen-bond donors (Lipinski definition) is 0. The first-order chi connectivity index (χ1) is 8.34. The van der Waals surface area contributed by atoms with Gasteiger partial charge in [0, 0.05) is 17.5 Å². The Morgan fingerprint density at radius 1 is 0.941 bits per heavy atom. The average Bonchev–Trinajstić information content (AvgIpc) is 2.79. The Bertz CT molecular complexity index is 538. The topological polar surface area (TPSA) is 26.3 Å². The molecule has 0 saturated heterocycles. The first-order valence-corrected chi connectivity index (χ1v) is 5.72. The maximum Gasteiger partial charge on any atom is 0.311 e. The number of aryl methyl sites for hydroxylation is 1. The van der Waals surface area contributed by atoms with E-state index < -0.39 is 0 Å². The number of ether oxygens (including phenoxy) is 1. The Balaban J connectivity index is 1.53. The van der Waals surface area contributed by atoms with Gasteiger partial charge in [0.05, 0.1) is 0 Å². The molecule has 2 heteroatoms. The molecule has 0 aromatic heterocycles. The van der Waals surface area contributed by atoms with Crippen molar-refractivity contribution in [1.82, 2.24) is 0 Å². The summed E-state index contributed by atoms with van der Waals surface area (Å²) in [5.74, 6) is 0.616. The average molecular weight is 224 g/mol. The molecule has 0 amide bonds. The summed E-state index contributed by atoms with van der Waals surface area (Å²) in [4.78, 5) is 11.6. The first kappa shape index (κ1) is 10.1. The lowest BCUT2D eigenvalue weighted by molar-refractivity contribution is -0.134. The van der Waals surface area contributed by atoms with Crippen molar-refractivity contribution in [2.45, 2.75) is 12.8 Å². The van der Waals surface area contributed by atoms with Gasteiger partial charge in [-0.15, -0.1) is 0 Å². The fourth-order valence-corrected chi connectivity index (χ4v) is 1.94. The fourth-order valence-electron chi connectivity index (χ4n) is 1.94. The molecule has 0 atom stereocenters. The van der Waals surface area contributed by atoms with Gasteiger partial charge in [0.25, 0.3) is 0 Å². The zero-order valence-corrected chi connectivity index (χ0v) is 9.35. The summed E-state index contributed by atoms with van der Waals surface area (Å²) in [5.41, 5.74) is 3.33. The van der Waals surface area contributed by atoms with E-state index in [0.29, 0.717) is 6.42 Å². The molecule has 0 heterocycles. The van der Waals surface area contributed by atoms with E-state index >= 15 is 0 Å². The molecule has 0 bridgehead atoms. The quantitative estimate of drug-likeness (QED) is 0.502. The van der Waals surface area contributed by atoms with E-state index in [1.54, 1.807) is 0 Å². The predicted molar refractivity (Wildman–Crippen MR) is 65.8 cm³/mol. The SMILES string of the molecule is O=C(CCc1ccccc1)Oc1c2cccc1-2. The van der Waals surface area contributed by atoms with Crippen molar-refractivity contribution in [1.29, 1.82) is 0 Å². The number of hydrogen-bond acceptors (Lipinski definition) is 2. The van der Waals surface area contributed by atoms with Gasteiger partial charge >= 0.3 is 5.97 Å². The second-order valence-electron chi connectivity index (χ2n) is 4.14. The van der Waals surface area contributed by atoms with Crippen LogP contribution in [0, 0.1) is 0 Å². The lowest BCUT2D eigenvalue weighted by Gasteiger charge is -2.00. The van der Waals surface area contributed by atoms with Crippen LogP contribution in [0.1, 0.15) is 12.0 Å². The van der Waals surface area contributed by atoms with Crippen molar-refractivity contribution in [3.8, 4) is 16.9 Å². The minimum Gasteiger partial charge on any atom is -0.425 e. The van der Waals surface area contributed by atoms with Gasteiger partial charge in [0.1, 0.15) is 5.75 Å². The summed E-state index contributed by atoms with van der Waals surface area (Å²) < 4.78 is 5.27. The summed E-state index contributed by atoms with van der Waals surface area (Å²) >= 11 is 0. The standard InChI is InChI=1S/C15H12O2/c16-14(10-9-11-5-2-1-3-6-11)17-15-12-7-4-8-13(12)15/h1-8H,9-10H2. The number of rotatable bonds is 4. The molecule has 3 rings (SSSR count). The molecular weight excluding hydrogens is 212 g/mol. The Labute approximate surface area is 99.9 Å². The molecule has 0 spiro atoms. The van der Waals surface area contributed by atoms with E-state index in [-0.39, 0.29) is 5.97 Å². The Morgan fingerprint density at radius 3 is 2.35 bits per heavy atom. The molecule has 2 aliphatic rings. The van der Waals surface area contributed by atoms with Gasteiger partial charge in [-0.25, -0.2) is 0 Å². The van der Waals surface area contributed by atoms with Crippen LogP contribution in [0.3, 0.4) is 0 Å². The highest BCUT2D eigenvalue weighted by Crippen LogP contribution is 2.51. The Hall–Kier alpha value is -2.09. The highest BCUT2D eigenvalue weighted by atomic mass is 16.5. The molecule has 0 N–H and O–H groups in total. The number of carbonyl (C=O) groups excluding carboxylic acids is 1. The number of esters is 1. The number of benzene rings is 2. The Morgan fingerprint density at radius 2 is 1.65 bits per heavy atom. The van der Waals surface area contributed by atoms with Gasteiger partial charge in [0.15, 0.2) is 0 Å². The highest BCUT2D eigenvalue weighted by molar-refractivity contribution is 5.97. The van der Waals surface area contributed by atoms with E-state index in [1.807, 2.05) is 48.5 Å². The smallest absolute Gasteiger partial charge is 0.311 e. The summed E-state index contributed by atoms with van der Waals surface area (Å²) in [6, 6.07) is 15.9. The molecule has 0 aliphatic heterocycles. The highest BCUT2D eigenvalue weighted by Gasteiger charge is 2.27. The number of para-hydroxylation sites is 1. The predicted octanol–water partition coefficient (Wildman–Crippen LogP) is 3.21. The lowest BCUT2D eigenvalue weighted by atomic mass is 10.1. The Kier molecular flexibility index (Phi) is 2.41. The van der Waals surface area contributed by atoms with E-state index in [9.17, 15) is 4.79 Å². The van der Waals surface area contributed by atoms with Crippen LogP contribution in [-0.2, 0) is 11.2 Å². The molecule has 0 unspecified atom stereocenters. The van der Waals surface area contributed by atoms with Crippen molar-refractivity contribution < 1.29 is 9.53 Å². The first-order valence-electron chi connectivity index (χ1n) is 5.72. The van der Waals surface area contributed by atoms with Crippen LogP contribution in [0.2, 0.25) is 0 Å². The lowest BCUT2D eigenvalue weighted by Crippen LogP contribution is -2.07. The largest absolute Gasteiger partial charge is 0.425 e. The summed E-state index contributed by atoms with van der Waals surface area (Å²) in [5, 5.41) is 0.